The Hall–Kier alpha value is -0.620. The number of hydrogen-bond donors (Lipinski definition) is 1. The number of benzene rings is 1. The van der Waals surface area contributed by atoms with Crippen LogP contribution in [0.4, 0.5) is 0 Å². The summed E-state index contributed by atoms with van der Waals surface area (Å²) in [6, 6.07) is 6.98. The molecule has 0 bridgehead atoms. The van der Waals surface area contributed by atoms with Crippen molar-refractivity contribution in [1.29, 1.82) is 0 Å². The van der Waals surface area contributed by atoms with E-state index in [4.69, 9.17) is 16.7 Å². The van der Waals surface area contributed by atoms with Crippen LogP contribution in [0.3, 0.4) is 0 Å². The van der Waals surface area contributed by atoms with Crippen LogP contribution in [0.1, 0.15) is 12.5 Å². The zero-order valence-electron chi connectivity index (χ0n) is 9.80. The monoisotopic (exact) mass is 277 g/mol. The van der Waals surface area contributed by atoms with Crippen molar-refractivity contribution >= 4 is 21.6 Å². The highest BCUT2D eigenvalue weighted by atomic mass is 35.5. The lowest BCUT2D eigenvalue weighted by Crippen LogP contribution is -2.35. The van der Waals surface area contributed by atoms with Gasteiger partial charge in [-0.25, -0.2) is 12.7 Å². The normalized spacial score (nSPS) is 13.9. The molecule has 17 heavy (non-hydrogen) atoms. The molecule has 0 aliphatic heterocycles. The summed E-state index contributed by atoms with van der Waals surface area (Å²) >= 11 is 5.75. The van der Waals surface area contributed by atoms with Gasteiger partial charge in [-0.3, -0.25) is 0 Å². The predicted octanol–water partition coefficient (Wildman–Crippen LogP) is 1.48. The predicted molar refractivity (Wildman–Crippen MR) is 68.4 cm³/mol. The van der Waals surface area contributed by atoms with Gasteiger partial charge in [0.05, 0.1) is 11.9 Å². The molecular weight excluding hydrogens is 262 g/mol. The van der Waals surface area contributed by atoms with E-state index in [0.717, 1.165) is 5.56 Å². The van der Waals surface area contributed by atoms with Crippen LogP contribution in [0.25, 0.3) is 0 Å². The van der Waals surface area contributed by atoms with Crippen molar-refractivity contribution in [1.82, 2.24) is 4.31 Å². The van der Waals surface area contributed by atoms with E-state index in [2.05, 4.69) is 0 Å². The van der Waals surface area contributed by atoms with E-state index >= 15 is 0 Å². The smallest absolute Gasteiger partial charge is 0.219 e. The molecule has 96 valence electrons. The molecule has 1 unspecified atom stereocenters. The van der Waals surface area contributed by atoms with E-state index in [1.54, 1.807) is 24.3 Å². The van der Waals surface area contributed by atoms with Gasteiger partial charge in [0.15, 0.2) is 0 Å². The third kappa shape index (κ3) is 3.67. The average molecular weight is 278 g/mol. The van der Waals surface area contributed by atoms with Crippen molar-refractivity contribution in [3.8, 4) is 0 Å². The van der Waals surface area contributed by atoms with E-state index in [1.165, 1.54) is 18.3 Å². The minimum atomic E-state index is -3.45. The highest BCUT2D eigenvalue weighted by Crippen LogP contribution is 2.14. The lowest BCUT2D eigenvalue weighted by molar-refractivity contribution is 0.290. The second-order valence-corrected chi connectivity index (χ2v) is 6.82. The van der Waals surface area contributed by atoms with Crippen molar-refractivity contribution in [2.75, 3.05) is 13.7 Å². The zero-order valence-corrected chi connectivity index (χ0v) is 11.4. The number of hydrogen-bond acceptors (Lipinski definition) is 3. The summed E-state index contributed by atoms with van der Waals surface area (Å²) in [4.78, 5) is 0. The summed E-state index contributed by atoms with van der Waals surface area (Å²) in [5.41, 5.74) is 0.852. The van der Waals surface area contributed by atoms with Crippen LogP contribution in [-0.2, 0) is 16.6 Å². The van der Waals surface area contributed by atoms with Crippen molar-refractivity contribution in [2.45, 2.75) is 18.7 Å². The minimum Gasteiger partial charge on any atom is -0.395 e. The Labute approximate surface area is 107 Å². The van der Waals surface area contributed by atoms with Gasteiger partial charge in [-0.15, -0.1) is 0 Å². The summed E-state index contributed by atoms with van der Waals surface area (Å²) in [6.07, 6.45) is 0. The maximum Gasteiger partial charge on any atom is 0.219 e. The third-order valence-electron chi connectivity index (χ3n) is 2.52. The third-order valence-corrected chi connectivity index (χ3v) is 4.93. The van der Waals surface area contributed by atoms with Gasteiger partial charge >= 0.3 is 0 Å². The molecule has 1 rings (SSSR count). The van der Waals surface area contributed by atoms with Crippen molar-refractivity contribution in [3.05, 3.63) is 34.9 Å². The molecule has 0 fully saturated rings. The fraction of sp³-hybridized carbons (Fsp3) is 0.455. The van der Waals surface area contributed by atoms with Crippen LogP contribution in [0, 0.1) is 0 Å². The molecular formula is C11H16ClNO3S. The van der Waals surface area contributed by atoms with Crippen molar-refractivity contribution in [2.24, 2.45) is 0 Å². The van der Waals surface area contributed by atoms with E-state index in [0.29, 0.717) is 5.02 Å². The van der Waals surface area contributed by atoms with Gasteiger partial charge < -0.3 is 5.11 Å². The fourth-order valence-electron chi connectivity index (χ4n) is 1.34. The average Bonchev–Trinajstić information content (AvgIpc) is 2.30. The highest BCUT2D eigenvalue weighted by molar-refractivity contribution is 7.89. The summed E-state index contributed by atoms with van der Waals surface area (Å²) in [5, 5.41) is 8.72. The number of aliphatic hydroxyl groups is 1. The molecule has 0 saturated carbocycles. The van der Waals surface area contributed by atoms with Crippen LogP contribution in [0.2, 0.25) is 5.02 Å². The second-order valence-electron chi connectivity index (χ2n) is 3.92. The number of halogens is 1. The van der Waals surface area contributed by atoms with Crippen molar-refractivity contribution in [3.63, 3.8) is 0 Å². The van der Waals surface area contributed by atoms with Crippen LogP contribution in [0.5, 0.6) is 0 Å². The van der Waals surface area contributed by atoms with Gasteiger partial charge in [0, 0.05) is 18.6 Å². The molecule has 0 spiro atoms. The first-order chi connectivity index (χ1) is 7.87. The molecule has 0 aliphatic rings. The molecule has 0 saturated heterocycles. The first kappa shape index (κ1) is 14.4. The zero-order chi connectivity index (χ0) is 13.1. The Morgan fingerprint density at radius 1 is 1.35 bits per heavy atom. The minimum absolute atomic E-state index is 0.268. The topological polar surface area (TPSA) is 57.6 Å². The van der Waals surface area contributed by atoms with Gasteiger partial charge in [-0.1, -0.05) is 23.7 Å². The largest absolute Gasteiger partial charge is 0.395 e. The van der Waals surface area contributed by atoms with E-state index in [9.17, 15) is 8.42 Å². The molecule has 6 heteroatoms. The molecule has 1 atom stereocenters. The Morgan fingerprint density at radius 2 is 1.88 bits per heavy atom. The Kier molecular flexibility index (Phi) is 4.94. The molecule has 0 amide bonds. The fourth-order valence-corrected chi connectivity index (χ4v) is 2.60. The highest BCUT2D eigenvalue weighted by Gasteiger charge is 2.25. The number of nitrogens with zero attached hydrogens (tertiary/aromatic N) is 1. The van der Waals surface area contributed by atoms with Crippen molar-refractivity contribution < 1.29 is 13.5 Å². The second kappa shape index (κ2) is 5.82. The van der Waals surface area contributed by atoms with Crippen LogP contribution >= 0.6 is 11.6 Å². The lowest BCUT2D eigenvalue weighted by Gasteiger charge is -2.20. The standard InChI is InChI=1S/C11H16ClNO3S/c1-9(8-14)17(15,16)13(2)7-10-3-5-11(12)6-4-10/h3-6,9,14H,7-8H2,1-2H3. The number of aliphatic hydroxyl groups excluding tert-OH is 1. The van der Waals surface area contributed by atoms with E-state index in [-0.39, 0.29) is 13.2 Å². The Balaban J connectivity index is 2.79. The van der Waals surface area contributed by atoms with Gasteiger partial charge in [-0.05, 0) is 24.6 Å². The molecule has 0 radical (unpaired) electrons. The lowest BCUT2D eigenvalue weighted by atomic mass is 10.2. The van der Waals surface area contributed by atoms with Crippen LogP contribution in [0.15, 0.2) is 24.3 Å². The summed E-state index contributed by atoms with van der Waals surface area (Å²) in [6.45, 7) is 1.37. The molecule has 1 N–H and O–H groups in total. The van der Waals surface area contributed by atoms with Gasteiger partial charge in [0.25, 0.3) is 0 Å². The molecule has 1 aromatic rings. The summed E-state index contributed by atoms with van der Waals surface area (Å²) < 4.78 is 25.0. The number of sulfonamides is 1. The maximum atomic E-state index is 11.9. The molecule has 0 aromatic heterocycles. The Bertz CT molecular complexity index is 458. The first-order valence-corrected chi connectivity index (χ1v) is 7.06. The molecule has 4 nitrogen and oxygen atoms in total. The van der Waals surface area contributed by atoms with Gasteiger partial charge in [0.1, 0.15) is 0 Å². The summed E-state index contributed by atoms with van der Waals surface area (Å²) in [5.74, 6) is 0. The molecule has 1 aromatic carbocycles. The summed E-state index contributed by atoms with van der Waals surface area (Å²) in [7, 11) is -1.95. The maximum absolute atomic E-state index is 11.9. The quantitative estimate of drug-likeness (QED) is 0.887. The van der Waals surface area contributed by atoms with E-state index in [1.807, 2.05) is 0 Å². The van der Waals surface area contributed by atoms with E-state index < -0.39 is 15.3 Å². The number of rotatable bonds is 5. The molecule has 0 heterocycles. The molecule has 0 aliphatic carbocycles. The van der Waals surface area contributed by atoms with Crippen LogP contribution in [-0.4, -0.2) is 36.7 Å². The Morgan fingerprint density at radius 3 is 2.35 bits per heavy atom. The van der Waals surface area contributed by atoms with Crippen LogP contribution < -0.4 is 0 Å². The van der Waals surface area contributed by atoms with Gasteiger partial charge in [0.2, 0.25) is 10.0 Å². The first-order valence-electron chi connectivity index (χ1n) is 5.18. The SMILES string of the molecule is CC(CO)S(=O)(=O)N(C)Cc1ccc(Cl)cc1. The van der Waals surface area contributed by atoms with Gasteiger partial charge in [-0.2, -0.15) is 0 Å².